The molecule has 5 rings (SSSR count). The summed E-state index contributed by atoms with van der Waals surface area (Å²) in [6, 6.07) is 20.8. The molecule has 1 atom stereocenters. The summed E-state index contributed by atoms with van der Waals surface area (Å²) >= 11 is 1.57. The molecule has 0 bridgehead atoms. The second kappa shape index (κ2) is 11.5. The van der Waals surface area contributed by atoms with Crippen LogP contribution >= 0.6 is 11.3 Å². The van der Waals surface area contributed by atoms with Crippen LogP contribution in [-0.2, 0) is 32.8 Å². The van der Waals surface area contributed by atoms with Crippen LogP contribution < -0.4 is 0 Å². The van der Waals surface area contributed by atoms with E-state index in [0.29, 0.717) is 18.4 Å². The van der Waals surface area contributed by atoms with Crippen LogP contribution in [0.15, 0.2) is 65.7 Å². The predicted octanol–water partition coefficient (Wildman–Crippen LogP) is 7.39. The number of benzene rings is 2. The molecule has 2 aliphatic rings. The highest BCUT2D eigenvalue weighted by molar-refractivity contribution is 7.15. The molecule has 228 valence electrons. The monoisotopic (exact) mass is 612 g/mol. The fourth-order valence-corrected chi connectivity index (χ4v) is 6.62. The summed E-state index contributed by atoms with van der Waals surface area (Å²) in [5, 5.41) is 9.44. The minimum absolute atomic E-state index is 0.0822. The van der Waals surface area contributed by atoms with Gasteiger partial charge in [0.05, 0.1) is 18.2 Å². The van der Waals surface area contributed by atoms with Crippen LogP contribution in [0.2, 0.25) is 0 Å². The number of fused-ring (bicyclic) bond motifs is 2. The zero-order valence-electron chi connectivity index (χ0n) is 25.8. The van der Waals surface area contributed by atoms with Crippen molar-refractivity contribution in [2.45, 2.75) is 84.1 Å². The Morgan fingerprint density at radius 2 is 1.66 bits per heavy atom. The quantitative estimate of drug-likeness (QED) is 0.305. The van der Waals surface area contributed by atoms with Crippen LogP contribution in [0.5, 0.6) is 0 Å². The van der Waals surface area contributed by atoms with E-state index >= 15 is 0 Å². The lowest BCUT2D eigenvalue weighted by molar-refractivity contribution is -0.132. The van der Waals surface area contributed by atoms with Gasteiger partial charge in [-0.3, -0.25) is 9.69 Å². The number of hydrogen-bond acceptors (Lipinski definition) is 8. The first-order chi connectivity index (χ1) is 20.7. The smallest absolute Gasteiger partial charge is 0.427 e. The summed E-state index contributed by atoms with van der Waals surface area (Å²) in [6.07, 6.45) is -0.115. The molecule has 1 spiro atoms. The molecule has 0 N–H and O–H groups in total. The number of ether oxygens (including phenoxy) is 2. The molecule has 0 saturated carbocycles. The Bertz CT molecular complexity index is 1650. The third kappa shape index (κ3) is 6.24. The van der Waals surface area contributed by atoms with Gasteiger partial charge in [0.25, 0.3) is 5.91 Å². The number of rotatable bonds is 3. The van der Waals surface area contributed by atoms with Crippen LogP contribution in [0.4, 0.5) is 9.59 Å². The average molecular weight is 613 g/mol. The summed E-state index contributed by atoms with van der Waals surface area (Å²) in [7, 11) is 0. The molecule has 2 heterocycles. The molecule has 0 saturated heterocycles. The number of carbonyl (C=O) groups excluding carboxylic acids is 3. The summed E-state index contributed by atoms with van der Waals surface area (Å²) in [5.41, 5.74) is -0.242. The van der Waals surface area contributed by atoms with Crippen LogP contribution in [0, 0.1) is 11.3 Å². The highest BCUT2D eigenvalue weighted by Crippen LogP contribution is 2.49. The van der Waals surface area contributed by atoms with Crippen LogP contribution in [-0.4, -0.2) is 45.1 Å². The molecule has 1 unspecified atom stereocenters. The molecule has 1 aliphatic heterocycles. The second-order valence-corrected chi connectivity index (χ2v) is 14.1. The van der Waals surface area contributed by atoms with Gasteiger partial charge in [0.1, 0.15) is 11.2 Å². The second-order valence-electron chi connectivity index (χ2n) is 12.9. The third-order valence-electron chi connectivity index (χ3n) is 7.14. The highest BCUT2D eigenvalue weighted by Gasteiger charge is 2.55. The van der Waals surface area contributed by atoms with E-state index < -0.39 is 28.9 Å². The Labute approximate surface area is 261 Å². The summed E-state index contributed by atoms with van der Waals surface area (Å²) in [5.74, 6) is -0.459. The van der Waals surface area contributed by atoms with Crippen molar-refractivity contribution >= 4 is 35.4 Å². The van der Waals surface area contributed by atoms with Gasteiger partial charge in [0, 0.05) is 15.3 Å². The van der Waals surface area contributed by atoms with Crippen molar-refractivity contribution in [3.63, 3.8) is 0 Å². The van der Waals surface area contributed by atoms with Crippen molar-refractivity contribution < 1.29 is 23.9 Å². The molecular weight excluding hydrogens is 576 g/mol. The number of amides is 3. The standard InChI is InChI=1S/C34H36N4O5S/c1-32(2,3)42-30(40)38(31(41)43-33(4,5)6)29-36-34(28(39)37(29)21-22-12-8-7-9-13-22)17-11-16-26-25(34)19-27(44-26)24-15-10-14-23(18-24)20-35/h7-10,12-15,18-19H,11,16-17,21H2,1-6H3. The van der Waals surface area contributed by atoms with E-state index in [-0.39, 0.29) is 18.4 Å². The highest BCUT2D eigenvalue weighted by atomic mass is 32.1. The zero-order chi connectivity index (χ0) is 31.9. The SMILES string of the molecule is CC(C)(C)OC(=O)N(C(=O)OC(C)(C)C)C1=NC2(CCCc3sc(-c4cccc(C#N)c4)cc32)C(=O)N1Cc1ccccc1. The molecule has 3 amide bonds. The van der Waals surface area contributed by atoms with Gasteiger partial charge in [-0.25, -0.2) is 14.6 Å². The van der Waals surface area contributed by atoms with E-state index in [1.54, 1.807) is 58.9 Å². The molecule has 9 nitrogen and oxygen atoms in total. The number of thiophene rings is 1. The van der Waals surface area contributed by atoms with Crippen LogP contribution in [0.3, 0.4) is 0 Å². The van der Waals surface area contributed by atoms with Crippen molar-refractivity contribution in [2.24, 2.45) is 4.99 Å². The molecule has 44 heavy (non-hydrogen) atoms. The Hall–Kier alpha value is -4.49. The lowest BCUT2D eigenvalue weighted by atomic mass is 9.80. The maximum absolute atomic E-state index is 14.7. The number of guanidine groups is 1. The molecule has 2 aromatic carbocycles. The maximum Gasteiger partial charge on any atom is 0.427 e. The van der Waals surface area contributed by atoms with Crippen molar-refractivity contribution in [2.75, 3.05) is 0 Å². The number of hydrogen-bond donors (Lipinski definition) is 0. The summed E-state index contributed by atoms with van der Waals surface area (Å²) < 4.78 is 11.3. The maximum atomic E-state index is 14.7. The Morgan fingerprint density at radius 1 is 1.00 bits per heavy atom. The minimum atomic E-state index is -1.35. The van der Waals surface area contributed by atoms with Gasteiger partial charge in [0.2, 0.25) is 5.96 Å². The number of aryl methyl sites for hydroxylation is 1. The predicted molar refractivity (Wildman–Crippen MR) is 168 cm³/mol. The van der Waals surface area contributed by atoms with Gasteiger partial charge in [0.15, 0.2) is 5.54 Å². The van der Waals surface area contributed by atoms with E-state index in [0.717, 1.165) is 37.8 Å². The molecule has 3 aromatic rings. The average Bonchev–Trinajstić information content (AvgIpc) is 3.49. The van der Waals surface area contributed by atoms with Gasteiger partial charge in [-0.05, 0) is 90.1 Å². The van der Waals surface area contributed by atoms with Crippen LogP contribution in [0.25, 0.3) is 10.4 Å². The van der Waals surface area contributed by atoms with E-state index in [4.69, 9.17) is 14.5 Å². The minimum Gasteiger partial charge on any atom is -0.443 e. The fourth-order valence-electron chi connectivity index (χ4n) is 5.35. The number of aliphatic imine (C=N–C) groups is 1. The van der Waals surface area contributed by atoms with Crippen molar-refractivity contribution in [1.29, 1.82) is 5.26 Å². The Kier molecular flexibility index (Phi) is 8.12. The Morgan fingerprint density at radius 3 is 2.27 bits per heavy atom. The first kappa shape index (κ1) is 31.0. The van der Waals surface area contributed by atoms with E-state index in [9.17, 15) is 19.6 Å². The fraction of sp³-hybridized carbons (Fsp3) is 0.382. The Balaban J connectivity index is 1.67. The van der Waals surface area contributed by atoms with Gasteiger partial charge >= 0.3 is 12.2 Å². The molecular formula is C34H36N4O5S. The number of nitriles is 1. The van der Waals surface area contributed by atoms with Crippen molar-refractivity contribution in [1.82, 2.24) is 9.80 Å². The summed E-state index contributed by atoms with van der Waals surface area (Å²) in [6.45, 7) is 10.3. The number of imide groups is 1. The largest absolute Gasteiger partial charge is 0.443 e. The van der Waals surface area contributed by atoms with E-state index in [1.165, 1.54) is 4.90 Å². The van der Waals surface area contributed by atoms with Gasteiger partial charge in [-0.15, -0.1) is 16.2 Å². The first-order valence-electron chi connectivity index (χ1n) is 14.6. The summed E-state index contributed by atoms with van der Waals surface area (Å²) in [4.78, 5) is 51.1. The first-order valence-corrected chi connectivity index (χ1v) is 15.4. The van der Waals surface area contributed by atoms with Crippen molar-refractivity contribution in [3.8, 4) is 16.5 Å². The molecule has 0 radical (unpaired) electrons. The number of carbonyl (C=O) groups is 3. The lowest BCUT2D eigenvalue weighted by Gasteiger charge is -2.31. The third-order valence-corrected chi connectivity index (χ3v) is 8.38. The molecule has 0 fully saturated rings. The molecule has 1 aliphatic carbocycles. The molecule has 1 aromatic heterocycles. The van der Waals surface area contributed by atoms with Gasteiger partial charge in [-0.2, -0.15) is 5.26 Å². The van der Waals surface area contributed by atoms with Crippen molar-refractivity contribution in [3.05, 3.63) is 82.2 Å². The van der Waals surface area contributed by atoms with E-state index in [1.807, 2.05) is 54.6 Å². The lowest BCUT2D eigenvalue weighted by Crippen LogP contribution is -2.52. The topological polar surface area (TPSA) is 112 Å². The number of nitrogens with zero attached hydrogens (tertiary/aromatic N) is 4. The van der Waals surface area contributed by atoms with E-state index in [2.05, 4.69) is 6.07 Å². The van der Waals surface area contributed by atoms with Gasteiger partial charge < -0.3 is 9.47 Å². The normalized spacial score (nSPS) is 18.0. The van der Waals surface area contributed by atoms with Crippen LogP contribution in [0.1, 0.15) is 76.0 Å². The zero-order valence-corrected chi connectivity index (χ0v) is 26.7. The van der Waals surface area contributed by atoms with Gasteiger partial charge in [-0.1, -0.05) is 42.5 Å². The molecule has 10 heteroatoms.